The summed E-state index contributed by atoms with van der Waals surface area (Å²) in [4.78, 5) is 23.7. The summed E-state index contributed by atoms with van der Waals surface area (Å²) in [6.45, 7) is 4.42. The van der Waals surface area contributed by atoms with Crippen molar-refractivity contribution in [3.63, 3.8) is 0 Å². The maximum atomic E-state index is 11.8. The van der Waals surface area contributed by atoms with Crippen LogP contribution in [0.1, 0.15) is 39.5 Å². The minimum absolute atomic E-state index is 0.0234. The van der Waals surface area contributed by atoms with E-state index in [1.165, 1.54) is 0 Å². The first-order valence-corrected chi connectivity index (χ1v) is 8.51. The molecule has 0 aromatic rings. The van der Waals surface area contributed by atoms with E-state index >= 15 is 0 Å². The van der Waals surface area contributed by atoms with Crippen LogP contribution in [0.4, 0.5) is 0 Å². The first kappa shape index (κ1) is 20.6. The Morgan fingerprint density at radius 3 is 2.29 bits per heavy atom. The third kappa shape index (κ3) is 7.45. The van der Waals surface area contributed by atoms with Gasteiger partial charge in [0.05, 0.1) is 18.6 Å². The van der Waals surface area contributed by atoms with E-state index in [1.807, 2.05) is 19.9 Å². The normalized spacial score (nSPS) is 32.7. The van der Waals surface area contributed by atoms with Gasteiger partial charge in [0.15, 0.2) is 0 Å². The van der Waals surface area contributed by atoms with E-state index in [0.29, 0.717) is 12.8 Å². The number of esters is 2. The second-order valence-corrected chi connectivity index (χ2v) is 6.28. The van der Waals surface area contributed by atoms with Crippen LogP contribution < -0.4 is 0 Å². The van der Waals surface area contributed by atoms with Crippen molar-refractivity contribution in [2.45, 2.75) is 51.7 Å². The number of ether oxygens (including phenoxy) is 4. The molecule has 1 rings (SSSR count). The summed E-state index contributed by atoms with van der Waals surface area (Å²) in [7, 11) is 3.19. The van der Waals surface area contributed by atoms with Gasteiger partial charge >= 0.3 is 11.9 Å². The summed E-state index contributed by atoms with van der Waals surface area (Å²) in [5.74, 6) is -0.283. The van der Waals surface area contributed by atoms with Gasteiger partial charge in [0.2, 0.25) is 0 Å². The average Bonchev–Trinajstić information content (AvgIpc) is 2.55. The Kier molecular flexibility index (Phi) is 9.64. The molecule has 1 aliphatic rings. The number of hydrogen-bond donors (Lipinski definition) is 0. The molecule has 1 heterocycles. The zero-order valence-corrected chi connectivity index (χ0v) is 15.2. The topological polar surface area (TPSA) is 71.1 Å². The fourth-order valence-electron chi connectivity index (χ4n) is 2.64. The minimum Gasteiger partial charge on any atom is -0.463 e. The van der Waals surface area contributed by atoms with E-state index < -0.39 is 0 Å². The number of methoxy groups -OCH3 is 2. The third-order valence-corrected chi connectivity index (χ3v) is 4.41. The van der Waals surface area contributed by atoms with Gasteiger partial charge in [-0.25, -0.2) is 0 Å². The Balaban J connectivity index is 2.73. The zero-order chi connectivity index (χ0) is 17.9. The molecular formula is C18H30O6. The van der Waals surface area contributed by atoms with Crippen molar-refractivity contribution in [1.29, 1.82) is 0 Å². The molecule has 0 spiro atoms. The van der Waals surface area contributed by atoms with Gasteiger partial charge in [-0.15, -0.1) is 0 Å². The molecule has 24 heavy (non-hydrogen) atoms. The summed E-state index contributed by atoms with van der Waals surface area (Å²) in [5.41, 5.74) is 0. The molecule has 0 aliphatic carbocycles. The fraction of sp³-hybridized carbons (Fsp3) is 0.778. The largest absolute Gasteiger partial charge is 0.463 e. The fourth-order valence-corrected chi connectivity index (χ4v) is 2.64. The van der Waals surface area contributed by atoms with Crippen LogP contribution in [0.25, 0.3) is 0 Å². The molecule has 0 N–H and O–H groups in total. The number of cyclic esters (lactones) is 2. The van der Waals surface area contributed by atoms with Gasteiger partial charge in [-0.3, -0.25) is 9.59 Å². The monoisotopic (exact) mass is 342 g/mol. The summed E-state index contributed by atoms with van der Waals surface area (Å²) in [6, 6.07) is 0. The molecule has 0 aromatic heterocycles. The Bertz CT molecular complexity index is 420. The molecular weight excluding hydrogens is 312 g/mol. The van der Waals surface area contributed by atoms with E-state index in [0.717, 1.165) is 6.42 Å². The van der Waals surface area contributed by atoms with E-state index in [2.05, 4.69) is 0 Å². The predicted molar refractivity (Wildman–Crippen MR) is 89.4 cm³/mol. The van der Waals surface area contributed by atoms with Crippen molar-refractivity contribution in [2.24, 2.45) is 11.8 Å². The lowest BCUT2D eigenvalue weighted by atomic mass is 9.98. The Labute approximate surface area is 144 Å². The highest BCUT2D eigenvalue weighted by Gasteiger charge is 2.21. The quantitative estimate of drug-likeness (QED) is 0.567. The lowest BCUT2D eigenvalue weighted by Gasteiger charge is -2.23. The second-order valence-electron chi connectivity index (χ2n) is 6.28. The van der Waals surface area contributed by atoms with Gasteiger partial charge in [-0.2, -0.15) is 0 Å². The van der Waals surface area contributed by atoms with Crippen LogP contribution in [-0.2, 0) is 28.5 Å². The highest BCUT2D eigenvalue weighted by atomic mass is 16.6. The molecule has 0 radical (unpaired) electrons. The maximum Gasteiger partial charge on any atom is 0.309 e. The van der Waals surface area contributed by atoms with Crippen molar-refractivity contribution in [3.8, 4) is 0 Å². The summed E-state index contributed by atoms with van der Waals surface area (Å²) < 4.78 is 21.4. The van der Waals surface area contributed by atoms with E-state index in [-0.39, 0.29) is 55.6 Å². The first-order valence-electron chi connectivity index (χ1n) is 8.51. The SMILES string of the molecule is CO[C@H]1COC(=O)CCC[C@H](C)[C@@H](OC)COC(=O)C/C=C/[C@@H]1C. The van der Waals surface area contributed by atoms with Crippen LogP contribution in [-0.4, -0.2) is 51.6 Å². The number of hydrogen-bond acceptors (Lipinski definition) is 6. The van der Waals surface area contributed by atoms with E-state index in [9.17, 15) is 9.59 Å². The van der Waals surface area contributed by atoms with Crippen LogP contribution in [0, 0.1) is 11.8 Å². The van der Waals surface area contributed by atoms with Gasteiger partial charge in [-0.1, -0.05) is 26.0 Å². The van der Waals surface area contributed by atoms with Crippen molar-refractivity contribution in [2.75, 3.05) is 27.4 Å². The molecule has 138 valence electrons. The molecule has 0 amide bonds. The number of rotatable bonds is 2. The van der Waals surface area contributed by atoms with Crippen molar-refractivity contribution < 1.29 is 28.5 Å². The highest BCUT2D eigenvalue weighted by molar-refractivity contribution is 5.71. The van der Waals surface area contributed by atoms with Gasteiger partial charge in [0.25, 0.3) is 0 Å². The van der Waals surface area contributed by atoms with Gasteiger partial charge in [0.1, 0.15) is 13.2 Å². The minimum atomic E-state index is -0.278. The predicted octanol–water partition coefficient (Wildman–Crippen LogP) is 2.51. The molecule has 0 saturated heterocycles. The van der Waals surface area contributed by atoms with E-state index in [1.54, 1.807) is 20.3 Å². The number of carbonyl (C=O) groups excluding carboxylic acids is 2. The van der Waals surface area contributed by atoms with Crippen LogP contribution >= 0.6 is 0 Å². The zero-order valence-electron chi connectivity index (χ0n) is 15.2. The van der Waals surface area contributed by atoms with Crippen LogP contribution in [0.15, 0.2) is 12.2 Å². The standard InChI is InChI=1S/C18H30O6/c1-13-7-5-9-17(19)24-12-16(22-4)14(2)8-6-10-18(20)23-11-15(13)21-3/h5,7,13-16H,6,8-12H2,1-4H3/b7-5+/t13-,14-,15-,16-/m0/s1. The van der Waals surface area contributed by atoms with Crippen molar-refractivity contribution in [1.82, 2.24) is 0 Å². The molecule has 0 unspecified atom stereocenters. The molecule has 0 saturated carbocycles. The summed E-state index contributed by atoms with van der Waals surface area (Å²) in [6.07, 6.45) is 5.32. The van der Waals surface area contributed by atoms with Crippen molar-refractivity contribution >= 4 is 11.9 Å². The summed E-state index contributed by atoms with van der Waals surface area (Å²) in [5, 5.41) is 0. The lowest BCUT2D eigenvalue weighted by molar-refractivity contribution is -0.148. The lowest BCUT2D eigenvalue weighted by Crippen LogP contribution is -2.28. The summed E-state index contributed by atoms with van der Waals surface area (Å²) >= 11 is 0. The van der Waals surface area contributed by atoms with Gasteiger partial charge < -0.3 is 18.9 Å². The van der Waals surface area contributed by atoms with Crippen LogP contribution in [0.2, 0.25) is 0 Å². The second kappa shape index (κ2) is 11.2. The first-order chi connectivity index (χ1) is 11.5. The van der Waals surface area contributed by atoms with E-state index in [4.69, 9.17) is 18.9 Å². The highest BCUT2D eigenvalue weighted by Crippen LogP contribution is 2.17. The van der Waals surface area contributed by atoms with Gasteiger partial charge in [-0.05, 0) is 18.8 Å². The molecule has 4 atom stereocenters. The molecule has 0 fully saturated rings. The van der Waals surface area contributed by atoms with Crippen LogP contribution in [0.3, 0.4) is 0 Å². The molecule has 1 aliphatic heterocycles. The van der Waals surface area contributed by atoms with Crippen molar-refractivity contribution in [3.05, 3.63) is 12.2 Å². The molecule has 0 bridgehead atoms. The molecule has 6 heteroatoms. The smallest absolute Gasteiger partial charge is 0.309 e. The Morgan fingerprint density at radius 2 is 1.62 bits per heavy atom. The number of carbonyl (C=O) groups is 2. The third-order valence-electron chi connectivity index (χ3n) is 4.41. The molecule has 6 nitrogen and oxygen atoms in total. The average molecular weight is 342 g/mol. The van der Waals surface area contributed by atoms with Gasteiger partial charge in [0, 0.05) is 26.6 Å². The molecule has 0 aromatic carbocycles. The Hall–Kier alpha value is -1.40. The van der Waals surface area contributed by atoms with Crippen LogP contribution in [0.5, 0.6) is 0 Å². The Morgan fingerprint density at radius 1 is 1.00 bits per heavy atom. The maximum absolute atomic E-state index is 11.8.